The summed E-state index contributed by atoms with van der Waals surface area (Å²) in [6, 6.07) is 5.10. The zero-order valence-electron chi connectivity index (χ0n) is 11.1. The van der Waals surface area contributed by atoms with Gasteiger partial charge < -0.3 is 0 Å². The van der Waals surface area contributed by atoms with Gasteiger partial charge in [-0.05, 0) is 68.2 Å². The van der Waals surface area contributed by atoms with Crippen molar-refractivity contribution in [3.8, 4) is 0 Å². The number of benzene rings is 1. The van der Waals surface area contributed by atoms with E-state index in [1.165, 1.54) is 0 Å². The van der Waals surface area contributed by atoms with Gasteiger partial charge in [-0.3, -0.25) is 0 Å². The Balaban J connectivity index is 2.16. The van der Waals surface area contributed by atoms with Crippen molar-refractivity contribution >= 4 is 26.0 Å². The van der Waals surface area contributed by atoms with E-state index in [1.54, 1.807) is 18.2 Å². The summed E-state index contributed by atoms with van der Waals surface area (Å²) in [6.07, 6.45) is 5.38. The Morgan fingerprint density at radius 1 is 1.20 bits per heavy atom. The zero-order valence-corrected chi connectivity index (χ0v) is 12.7. The first-order valence-electron chi connectivity index (χ1n) is 6.75. The first kappa shape index (κ1) is 14.3. The van der Waals surface area contributed by atoms with Crippen LogP contribution in [0.15, 0.2) is 28.0 Å². The Hall–Kier alpha value is -0.610. The first-order chi connectivity index (χ1) is 9.34. The van der Waals surface area contributed by atoms with Gasteiger partial charge in [0, 0.05) is 4.90 Å². The van der Waals surface area contributed by atoms with Gasteiger partial charge in [0.05, 0.1) is 0 Å². The molecule has 1 aromatic carbocycles. The van der Waals surface area contributed by atoms with Gasteiger partial charge in [-0.1, -0.05) is 30.5 Å². The van der Waals surface area contributed by atoms with Crippen LogP contribution in [-0.4, -0.2) is 5.51 Å². The van der Waals surface area contributed by atoms with E-state index in [2.05, 4.69) is 0 Å². The normalized spacial score (nSPS) is 29.9. The number of halogens is 4. The van der Waals surface area contributed by atoms with Crippen molar-refractivity contribution in [1.29, 1.82) is 0 Å². The Bertz CT molecular complexity index is 573. The van der Waals surface area contributed by atoms with Gasteiger partial charge in [0.2, 0.25) is 0 Å². The molecule has 20 heavy (non-hydrogen) atoms. The van der Waals surface area contributed by atoms with Crippen molar-refractivity contribution in [2.24, 2.45) is 5.92 Å². The quantitative estimate of drug-likeness (QED) is 0.563. The predicted molar refractivity (Wildman–Crippen MR) is 78.9 cm³/mol. The Kier molecular flexibility index (Phi) is 3.37. The molecule has 1 aliphatic carbocycles. The molecule has 0 N–H and O–H groups in total. The Morgan fingerprint density at radius 3 is 2.45 bits per heavy atom. The zero-order chi connectivity index (χ0) is 14.5. The third-order valence-electron chi connectivity index (χ3n) is 4.17. The van der Waals surface area contributed by atoms with Crippen LogP contribution in [0.2, 0.25) is 0 Å². The summed E-state index contributed by atoms with van der Waals surface area (Å²) < 4.78 is 41.1. The van der Waals surface area contributed by atoms with Crippen LogP contribution in [-0.2, 0) is 0 Å². The van der Waals surface area contributed by atoms with Gasteiger partial charge in [-0.15, -0.1) is 0 Å². The van der Waals surface area contributed by atoms with Crippen LogP contribution >= 0.6 is 19.9 Å². The lowest BCUT2D eigenvalue weighted by Crippen LogP contribution is -2.19. The molecule has 0 saturated heterocycles. The highest BCUT2D eigenvalue weighted by Gasteiger charge is 2.57. The van der Waals surface area contributed by atoms with Crippen molar-refractivity contribution in [1.82, 2.24) is 0 Å². The van der Waals surface area contributed by atoms with Gasteiger partial charge in [0.1, 0.15) is 0 Å². The van der Waals surface area contributed by atoms with E-state index < -0.39 is 14.7 Å². The fraction of sp³-hybridized carbons (Fsp3) is 0.467. The lowest BCUT2D eigenvalue weighted by molar-refractivity contribution is -0.0360. The van der Waals surface area contributed by atoms with Gasteiger partial charge in [0.25, 0.3) is 0 Å². The summed E-state index contributed by atoms with van der Waals surface area (Å²) in [4.78, 5) is 0.712. The fourth-order valence-electron chi connectivity index (χ4n) is 3.21. The average molecular weight is 321 g/mol. The van der Waals surface area contributed by atoms with E-state index in [0.29, 0.717) is 10.5 Å². The van der Waals surface area contributed by atoms with Crippen LogP contribution in [0.4, 0.5) is 13.2 Å². The van der Waals surface area contributed by atoms with Crippen molar-refractivity contribution in [3.05, 3.63) is 34.2 Å². The summed E-state index contributed by atoms with van der Waals surface area (Å²) in [5.74, 6) is -0.00293. The summed E-state index contributed by atoms with van der Waals surface area (Å²) >= 11 is 0. The number of aryl methyl sites for hydroxylation is 1. The van der Waals surface area contributed by atoms with E-state index in [4.69, 9.17) is 10.7 Å². The molecular formula is C15H16ClF3S. The Morgan fingerprint density at radius 2 is 1.85 bits per heavy atom. The molecule has 3 rings (SSSR count). The molecule has 1 aliphatic heterocycles. The summed E-state index contributed by atoms with van der Waals surface area (Å²) in [7, 11) is 2.88. The smallest absolute Gasteiger partial charge is 0.160 e. The van der Waals surface area contributed by atoms with Crippen LogP contribution in [0.5, 0.6) is 0 Å². The maximum Gasteiger partial charge on any atom is 0.445 e. The first-order valence-corrected chi connectivity index (χ1v) is 9.21. The molecule has 0 nitrogen and oxygen atoms in total. The molecule has 0 radical (unpaired) electrons. The number of alkyl halides is 3. The third-order valence-corrected chi connectivity index (χ3v) is 8.44. The van der Waals surface area contributed by atoms with Crippen molar-refractivity contribution in [3.63, 3.8) is 0 Å². The molecular weight excluding hydrogens is 305 g/mol. The molecule has 110 valence electrons. The van der Waals surface area contributed by atoms with Gasteiger partial charge in [0.15, 0.2) is 0 Å². The summed E-state index contributed by atoms with van der Waals surface area (Å²) in [5.41, 5.74) is -2.76. The molecule has 0 bridgehead atoms. The number of fused-ring (bicyclic) bond motifs is 1. The second-order valence-electron chi connectivity index (χ2n) is 5.55. The lowest BCUT2D eigenvalue weighted by Gasteiger charge is -2.36. The van der Waals surface area contributed by atoms with Crippen LogP contribution in [0.3, 0.4) is 0 Å². The standard InChI is InChI=1S/C15H16ClF3S/c1-10-6-7-13-12(8-10)9-14(11-4-2-3-5-11)20(13,16)15(17,18)19/h6-9,11H,2-5H2,1H3. The van der Waals surface area contributed by atoms with Gasteiger partial charge in [-0.2, -0.15) is 13.2 Å². The van der Waals surface area contributed by atoms with Crippen molar-refractivity contribution in [2.45, 2.75) is 43.0 Å². The fourth-order valence-corrected chi connectivity index (χ4v) is 6.60. The van der Waals surface area contributed by atoms with Crippen molar-refractivity contribution in [2.75, 3.05) is 0 Å². The summed E-state index contributed by atoms with van der Waals surface area (Å²) in [6.45, 7) is 1.89. The molecule has 5 heteroatoms. The molecule has 1 heterocycles. The minimum absolute atomic E-state index is 0.00293. The molecule has 0 aromatic heterocycles. The highest BCUT2D eigenvalue weighted by Crippen LogP contribution is 2.81. The number of hydrogen-bond acceptors (Lipinski definition) is 0. The van der Waals surface area contributed by atoms with E-state index in [9.17, 15) is 13.2 Å². The molecule has 1 saturated carbocycles. The number of rotatable bonds is 1. The van der Waals surface area contributed by atoms with E-state index in [-0.39, 0.29) is 10.8 Å². The topological polar surface area (TPSA) is 0 Å². The highest BCUT2D eigenvalue weighted by molar-refractivity contribution is 8.54. The van der Waals surface area contributed by atoms with Crippen molar-refractivity contribution < 1.29 is 13.2 Å². The van der Waals surface area contributed by atoms with E-state index in [1.807, 2.05) is 13.0 Å². The Labute approximate surface area is 122 Å². The maximum atomic E-state index is 13.7. The lowest BCUT2D eigenvalue weighted by atomic mass is 10.1. The SMILES string of the molecule is Cc1ccc2c(c1)C=C(C1CCCC1)S2(Cl)C(F)(F)F. The molecule has 1 fully saturated rings. The average Bonchev–Trinajstić information content (AvgIpc) is 2.95. The van der Waals surface area contributed by atoms with Crippen LogP contribution in [0, 0.1) is 12.8 Å². The largest absolute Gasteiger partial charge is 0.445 e. The van der Waals surface area contributed by atoms with Gasteiger partial charge in [-0.25, -0.2) is 0 Å². The minimum atomic E-state index is -4.39. The van der Waals surface area contributed by atoms with Crippen LogP contribution < -0.4 is 0 Å². The molecule has 0 amide bonds. The highest BCUT2D eigenvalue weighted by atomic mass is 35.7. The molecule has 1 aromatic rings. The predicted octanol–water partition coefficient (Wildman–Crippen LogP) is 6.38. The van der Waals surface area contributed by atoms with E-state index >= 15 is 0 Å². The number of allylic oxidation sites excluding steroid dienone is 1. The monoisotopic (exact) mass is 320 g/mol. The molecule has 0 spiro atoms. The third kappa shape index (κ3) is 2.00. The summed E-state index contributed by atoms with van der Waals surface area (Å²) in [5, 5.41) is 0. The van der Waals surface area contributed by atoms with E-state index in [0.717, 1.165) is 31.2 Å². The van der Waals surface area contributed by atoms with Crippen LogP contribution in [0.25, 0.3) is 6.08 Å². The second kappa shape index (κ2) is 4.70. The number of hydrogen-bond donors (Lipinski definition) is 0. The molecule has 1 atom stereocenters. The molecule has 2 aliphatic rings. The maximum absolute atomic E-state index is 13.7. The molecule has 1 unspecified atom stereocenters. The van der Waals surface area contributed by atoms with Crippen LogP contribution in [0.1, 0.15) is 36.8 Å². The second-order valence-corrected chi connectivity index (χ2v) is 9.39. The minimum Gasteiger partial charge on any atom is -0.160 e. The van der Waals surface area contributed by atoms with Gasteiger partial charge >= 0.3 is 5.51 Å².